The fraction of sp³-hybridized carbons (Fsp3) is 0.562. The van der Waals surface area contributed by atoms with E-state index in [9.17, 15) is 14.7 Å². The zero-order valence-electron chi connectivity index (χ0n) is 13.4. The second-order valence-corrected chi connectivity index (χ2v) is 6.38. The maximum Gasteiger partial charge on any atom is 0.274 e. The molecule has 0 aromatic carbocycles. The summed E-state index contributed by atoms with van der Waals surface area (Å²) >= 11 is 0. The number of aryl methyl sites for hydroxylation is 2. The van der Waals surface area contributed by atoms with Gasteiger partial charge in [-0.1, -0.05) is 0 Å². The number of carbonyl (C=O) groups is 1. The summed E-state index contributed by atoms with van der Waals surface area (Å²) in [6.45, 7) is 2.02. The Morgan fingerprint density at radius 1 is 1.43 bits per heavy atom. The van der Waals surface area contributed by atoms with Gasteiger partial charge in [0.15, 0.2) is 5.65 Å². The number of nitrogens with zero attached hydrogens (tertiary/aromatic N) is 2. The summed E-state index contributed by atoms with van der Waals surface area (Å²) < 4.78 is 1.54. The highest BCUT2D eigenvalue weighted by molar-refractivity contribution is 6.05. The molecule has 2 aromatic rings. The highest BCUT2D eigenvalue weighted by Gasteiger charge is 2.24. The van der Waals surface area contributed by atoms with Crippen molar-refractivity contribution in [2.24, 2.45) is 13.0 Å². The predicted molar refractivity (Wildman–Crippen MR) is 86.4 cm³/mol. The number of hydrogen-bond donors (Lipinski definition) is 3. The molecule has 1 saturated carbocycles. The summed E-state index contributed by atoms with van der Waals surface area (Å²) in [7, 11) is 1.70. The van der Waals surface area contributed by atoms with E-state index in [-0.39, 0.29) is 24.1 Å². The number of aromatic amines is 1. The molecule has 7 heteroatoms. The smallest absolute Gasteiger partial charge is 0.274 e. The number of hydrogen-bond acceptors (Lipinski definition) is 4. The van der Waals surface area contributed by atoms with Gasteiger partial charge in [-0.05, 0) is 44.6 Å². The molecule has 0 atom stereocenters. The molecule has 1 fully saturated rings. The van der Waals surface area contributed by atoms with Crippen LogP contribution >= 0.6 is 0 Å². The van der Waals surface area contributed by atoms with E-state index in [0.717, 1.165) is 25.7 Å². The first-order valence-corrected chi connectivity index (χ1v) is 7.97. The lowest BCUT2D eigenvalue weighted by molar-refractivity contribution is 0.0915. The van der Waals surface area contributed by atoms with Crippen molar-refractivity contribution >= 4 is 16.9 Å². The van der Waals surface area contributed by atoms with Crippen LogP contribution in [0.5, 0.6) is 0 Å². The average molecular weight is 318 g/mol. The number of aliphatic hydroxyl groups excluding tert-OH is 1. The quantitative estimate of drug-likeness (QED) is 0.781. The van der Waals surface area contributed by atoms with Crippen LogP contribution in [0, 0.1) is 12.8 Å². The predicted octanol–water partition coefficient (Wildman–Crippen LogP) is 0.851. The molecule has 3 rings (SSSR count). The number of aliphatic hydroxyl groups is 1. The zero-order chi connectivity index (χ0) is 16.6. The van der Waals surface area contributed by atoms with Crippen LogP contribution in [0.25, 0.3) is 11.0 Å². The Morgan fingerprint density at radius 3 is 2.78 bits per heavy atom. The molecule has 0 spiro atoms. The van der Waals surface area contributed by atoms with Crippen LogP contribution in [0.1, 0.15) is 41.7 Å². The Labute approximate surface area is 133 Å². The summed E-state index contributed by atoms with van der Waals surface area (Å²) in [6, 6.07) is 1.75. The van der Waals surface area contributed by atoms with Crippen molar-refractivity contribution in [2.75, 3.05) is 6.61 Å². The second-order valence-electron chi connectivity index (χ2n) is 6.38. The highest BCUT2D eigenvalue weighted by Crippen LogP contribution is 2.24. The van der Waals surface area contributed by atoms with Crippen LogP contribution in [-0.2, 0) is 7.05 Å². The highest BCUT2D eigenvalue weighted by atomic mass is 16.3. The van der Waals surface area contributed by atoms with Gasteiger partial charge in [0, 0.05) is 25.4 Å². The molecule has 1 aliphatic rings. The van der Waals surface area contributed by atoms with Crippen LogP contribution in [0.4, 0.5) is 0 Å². The average Bonchev–Trinajstić information content (AvgIpc) is 2.81. The number of amides is 1. The van der Waals surface area contributed by atoms with Crippen LogP contribution in [0.2, 0.25) is 0 Å². The molecule has 1 amide bonds. The molecular weight excluding hydrogens is 296 g/mol. The Hall–Kier alpha value is -2.15. The van der Waals surface area contributed by atoms with Gasteiger partial charge in [-0.3, -0.25) is 19.4 Å². The lowest BCUT2D eigenvalue weighted by Crippen LogP contribution is -2.38. The van der Waals surface area contributed by atoms with E-state index in [4.69, 9.17) is 0 Å². The maximum atomic E-state index is 12.6. The minimum absolute atomic E-state index is 0.0941. The standard InChI is InChI=1S/C16H22N4O3/c1-9-7-12(13-14(17-9)20(2)19-16(13)23)15(22)18-11-5-3-10(8-21)4-6-11/h7,10-11,21H,3-6,8H2,1-2H3,(H,18,22)(H,19,23). The fourth-order valence-corrected chi connectivity index (χ4v) is 3.32. The first kappa shape index (κ1) is 15.7. The van der Waals surface area contributed by atoms with Crippen molar-refractivity contribution in [2.45, 2.75) is 38.6 Å². The van der Waals surface area contributed by atoms with Gasteiger partial charge in [0.25, 0.3) is 11.5 Å². The van der Waals surface area contributed by atoms with Crippen molar-refractivity contribution in [3.63, 3.8) is 0 Å². The largest absolute Gasteiger partial charge is 0.396 e. The topological polar surface area (TPSA) is 100 Å². The number of carbonyl (C=O) groups excluding carboxylic acids is 1. The molecule has 0 aliphatic heterocycles. The van der Waals surface area contributed by atoms with Crippen LogP contribution in [0.15, 0.2) is 10.9 Å². The Bertz CT molecular complexity index is 784. The number of aromatic nitrogens is 3. The van der Waals surface area contributed by atoms with E-state index >= 15 is 0 Å². The van der Waals surface area contributed by atoms with Crippen molar-refractivity contribution in [3.05, 3.63) is 27.7 Å². The Balaban J connectivity index is 1.85. The van der Waals surface area contributed by atoms with Gasteiger partial charge in [-0.25, -0.2) is 4.98 Å². The molecule has 3 N–H and O–H groups in total. The summed E-state index contributed by atoms with van der Waals surface area (Å²) in [4.78, 5) is 29.1. The molecule has 0 saturated heterocycles. The number of pyridine rings is 1. The van der Waals surface area contributed by atoms with Gasteiger partial charge in [0.1, 0.15) is 0 Å². The van der Waals surface area contributed by atoms with Gasteiger partial charge < -0.3 is 10.4 Å². The van der Waals surface area contributed by atoms with Gasteiger partial charge in [0.2, 0.25) is 0 Å². The number of nitrogens with one attached hydrogen (secondary N) is 2. The van der Waals surface area contributed by atoms with E-state index < -0.39 is 0 Å². The SMILES string of the molecule is Cc1cc(C(=O)NC2CCC(CO)CC2)c2c(=O)[nH]n(C)c2n1. The van der Waals surface area contributed by atoms with Crippen molar-refractivity contribution in [3.8, 4) is 0 Å². The Morgan fingerprint density at radius 2 is 2.13 bits per heavy atom. The minimum atomic E-state index is -0.302. The molecule has 0 unspecified atom stereocenters. The van der Waals surface area contributed by atoms with Crippen LogP contribution < -0.4 is 10.9 Å². The molecule has 2 aromatic heterocycles. The summed E-state index contributed by atoms with van der Waals surface area (Å²) in [5.41, 5.74) is 1.26. The number of fused-ring (bicyclic) bond motifs is 1. The van der Waals surface area contributed by atoms with E-state index in [1.54, 1.807) is 20.0 Å². The number of H-pyrrole nitrogens is 1. The summed E-state index contributed by atoms with van der Waals surface area (Å²) in [6.07, 6.45) is 3.54. The van der Waals surface area contributed by atoms with E-state index in [1.165, 1.54) is 4.68 Å². The van der Waals surface area contributed by atoms with Gasteiger partial charge >= 0.3 is 0 Å². The zero-order valence-corrected chi connectivity index (χ0v) is 13.4. The van der Waals surface area contributed by atoms with Crippen molar-refractivity contribution in [1.29, 1.82) is 0 Å². The molecule has 23 heavy (non-hydrogen) atoms. The minimum Gasteiger partial charge on any atom is -0.396 e. The van der Waals surface area contributed by atoms with Crippen LogP contribution in [0.3, 0.4) is 0 Å². The third kappa shape index (κ3) is 3.01. The van der Waals surface area contributed by atoms with Crippen molar-refractivity contribution in [1.82, 2.24) is 20.1 Å². The monoisotopic (exact) mass is 318 g/mol. The van der Waals surface area contributed by atoms with Gasteiger partial charge in [-0.15, -0.1) is 0 Å². The van der Waals surface area contributed by atoms with Gasteiger partial charge in [-0.2, -0.15) is 0 Å². The third-order valence-corrected chi connectivity index (χ3v) is 4.63. The van der Waals surface area contributed by atoms with Crippen LogP contribution in [-0.4, -0.2) is 38.4 Å². The number of rotatable bonds is 3. The molecule has 7 nitrogen and oxygen atoms in total. The normalized spacial score (nSPS) is 21.5. The molecule has 1 aliphatic carbocycles. The second kappa shape index (κ2) is 6.16. The fourth-order valence-electron chi connectivity index (χ4n) is 3.32. The lowest BCUT2D eigenvalue weighted by atomic mass is 9.86. The first-order valence-electron chi connectivity index (χ1n) is 7.97. The molecule has 0 radical (unpaired) electrons. The lowest BCUT2D eigenvalue weighted by Gasteiger charge is -2.28. The summed E-state index contributed by atoms with van der Waals surface area (Å²) in [5.74, 6) is 0.111. The Kier molecular flexibility index (Phi) is 4.21. The van der Waals surface area contributed by atoms with E-state index in [1.807, 2.05) is 0 Å². The molecule has 0 bridgehead atoms. The third-order valence-electron chi connectivity index (χ3n) is 4.63. The first-order chi connectivity index (χ1) is 11.0. The van der Waals surface area contributed by atoms with E-state index in [0.29, 0.717) is 28.2 Å². The molecular formula is C16H22N4O3. The molecule has 2 heterocycles. The van der Waals surface area contributed by atoms with E-state index in [2.05, 4.69) is 15.4 Å². The maximum absolute atomic E-state index is 12.6. The van der Waals surface area contributed by atoms with Crippen molar-refractivity contribution < 1.29 is 9.90 Å². The summed E-state index contributed by atoms with van der Waals surface area (Å²) in [5, 5.41) is 15.2. The molecule has 124 valence electrons. The van der Waals surface area contributed by atoms with Gasteiger partial charge in [0.05, 0.1) is 10.9 Å².